The molecule has 4 nitrogen and oxygen atoms in total. The van der Waals surface area contributed by atoms with Gasteiger partial charge in [0, 0.05) is 44.8 Å². The van der Waals surface area contributed by atoms with Crippen molar-refractivity contribution in [1.82, 2.24) is 10.2 Å². The van der Waals surface area contributed by atoms with Gasteiger partial charge >= 0.3 is 0 Å². The van der Waals surface area contributed by atoms with E-state index in [0.717, 1.165) is 51.5 Å². The van der Waals surface area contributed by atoms with Crippen molar-refractivity contribution in [2.45, 2.75) is 64.0 Å². The second-order valence-corrected chi connectivity index (χ2v) is 7.27. The van der Waals surface area contributed by atoms with E-state index in [9.17, 15) is 4.79 Å². The summed E-state index contributed by atoms with van der Waals surface area (Å²) in [6.07, 6.45) is 8.25. The summed E-state index contributed by atoms with van der Waals surface area (Å²) < 4.78 is 5.38. The lowest BCUT2D eigenvalue weighted by molar-refractivity contribution is -0.138. The maximum Gasteiger partial charge on any atom is 0.222 e. The maximum absolute atomic E-state index is 12.4. The average Bonchev–Trinajstić information content (AvgIpc) is 2.46. The summed E-state index contributed by atoms with van der Waals surface area (Å²) in [5.41, 5.74) is 0. The molecule has 1 amide bonds. The minimum Gasteiger partial charge on any atom is -0.381 e. The molecule has 3 aliphatic rings. The molecule has 2 unspecified atom stereocenters. The summed E-state index contributed by atoms with van der Waals surface area (Å²) in [6.45, 7) is 5.91. The van der Waals surface area contributed by atoms with Gasteiger partial charge in [0.15, 0.2) is 0 Å². The Hall–Kier alpha value is -0.610. The van der Waals surface area contributed by atoms with Crippen molar-refractivity contribution < 1.29 is 9.53 Å². The Bertz CT molecular complexity index is 349. The van der Waals surface area contributed by atoms with E-state index in [-0.39, 0.29) is 0 Å². The quantitative estimate of drug-likeness (QED) is 0.864. The second kappa shape index (κ2) is 7.10. The summed E-state index contributed by atoms with van der Waals surface area (Å²) >= 11 is 0. The SMILES string of the molecule is CC1CCCCC1CC(=O)N1CC(NC2CCOCC2)C1. The van der Waals surface area contributed by atoms with Gasteiger partial charge in [-0.25, -0.2) is 0 Å². The van der Waals surface area contributed by atoms with E-state index in [1.54, 1.807) is 0 Å². The molecule has 0 radical (unpaired) electrons. The van der Waals surface area contributed by atoms with Crippen molar-refractivity contribution in [2.24, 2.45) is 11.8 Å². The van der Waals surface area contributed by atoms with E-state index in [1.807, 2.05) is 0 Å². The van der Waals surface area contributed by atoms with Gasteiger partial charge in [-0.15, -0.1) is 0 Å². The lowest BCUT2D eigenvalue weighted by Crippen LogP contribution is -2.62. The molecule has 120 valence electrons. The first-order valence-corrected chi connectivity index (χ1v) is 8.84. The van der Waals surface area contributed by atoms with E-state index < -0.39 is 0 Å². The summed E-state index contributed by atoms with van der Waals surface area (Å²) in [7, 11) is 0. The third-order valence-corrected chi connectivity index (χ3v) is 5.65. The second-order valence-electron chi connectivity index (χ2n) is 7.27. The molecule has 21 heavy (non-hydrogen) atoms. The van der Waals surface area contributed by atoms with Crippen molar-refractivity contribution in [3.63, 3.8) is 0 Å². The Morgan fingerprint density at radius 3 is 2.52 bits per heavy atom. The minimum absolute atomic E-state index is 0.388. The molecule has 1 N–H and O–H groups in total. The average molecular weight is 294 g/mol. The molecule has 2 heterocycles. The van der Waals surface area contributed by atoms with Crippen LogP contribution >= 0.6 is 0 Å². The van der Waals surface area contributed by atoms with Gasteiger partial charge in [0.2, 0.25) is 5.91 Å². The zero-order chi connectivity index (χ0) is 14.7. The molecule has 0 aromatic rings. The van der Waals surface area contributed by atoms with Crippen LogP contribution in [0.4, 0.5) is 0 Å². The predicted molar refractivity (Wildman–Crippen MR) is 83.1 cm³/mol. The zero-order valence-electron chi connectivity index (χ0n) is 13.4. The van der Waals surface area contributed by atoms with Crippen LogP contribution in [-0.2, 0) is 9.53 Å². The van der Waals surface area contributed by atoms with Gasteiger partial charge in [-0.1, -0.05) is 26.2 Å². The Morgan fingerprint density at radius 1 is 1.10 bits per heavy atom. The number of amides is 1. The first kappa shape index (κ1) is 15.3. The Labute approximate surface area is 128 Å². The highest BCUT2D eigenvalue weighted by Gasteiger charge is 2.34. The lowest BCUT2D eigenvalue weighted by atomic mass is 9.78. The van der Waals surface area contributed by atoms with Crippen molar-refractivity contribution in [2.75, 3.05) is 26.3 Å². The van der Waals surface area contributed by atoms with E-state index in [4.69, 9.17) is 4.74 Å². The Kier molecular flexibility index (Phi) is 5.17. The van der Waals surface area contributed by atoms with Crippen LogP contribution in [0.5, 0.6) is 0 Å². The van der Waals surface area contributed by atoms with Gasteiger partial charge in [-0.05, 0) is 31.1 Å². The van der Waals surface area contributed by atoms with Gasteiger partial charge in [-0.3, -0.25) is 4.79 Å². The third kappa shape index (κ3) is 3.98. The van der Waals surface area contributed by atoms with Crippen LogP contribution in [-0.4, -0.2) is 49.2 Å². The van der Waals surface area contributed by atoms with Crippen LogP contribution < -0.4 is 5.32 Å². The largest absolute Gasteiger partial charge is 0.381 e. The summed E-state index contributed by atoms with van der Waals surface area (Å²) in [5, 5.41) is 3.68. The van der Waals surface area contributed by atoms with Crippen LogP contribution in [0, 0.1) is 11.8 Å². The van der Waals surface area contributed by atoms with Crippen molar-refractivity contribution in [3.8, 4) is 0 Å². The summed E-state index contributed by atoms with van der Waals surface area (Å²) in [5.74, 6) is 1.76. The highest BCUT2D eigenvalue weighted by molar-refractivity contribution is 5.77. The molecule has 4 heteroatoms. The van der Waals surface area contributed by atoms with E-state index in [0.29, 0.717) is 23.9 Å². The Balaban J connectivity index is 1.36. The van der Waals surface area contributed by atoms with Gasteiger partial charge < -0.3 is 15.0 Å². The smallest absolute Gasteiger partial charge is 0.222 e. The van der Waals surface area contributed by atoms with Crippen molar-refractivity contribution >= 4 is 5.91 Å². The molecule has 0 aromatic heterocycles. The molecule has 2 saturated heterocycles. The molecular weight excluding hydrogens is 264 g/mol. The number of nitrogens with zero attached hydrogens (tertiary/aromatic N) is 1. The number of ether oxygens (including phenoxy) is 1. The standard InChI is InChI=1S/C17H30N2O2/c1-13-4-2-3-5-14(13)10-17(20)19-11-16(12-19)18-15-6-8-21-9-7-15/h13-16,18H,2-12H2,1H3. The molecule has 1 saturated carbocycles. The van der Waals surface area contributed by atoms with Gasteiger partial charge in [0.05, 0.1) is 0 Å². The van der Waals surface area contributed by atoms with Gasteiger partial charge in [0.25, 0.3) is 0 Å². The molecule has 3 fully saturated rings. The predicted octanol–water partition coefficient (Wildman–Crippen LogP) is 2.18. The van der Waals surface area contributed by atoms with Gasteiger partial charge in [-0.2, -0.15) is 0 Å². The summed E-state index contributed by atoms with van der Waals surface area (Å²) in [4.78, 5) is 14.4. The highest BCUT2D eigenvalue weighted by atomic mass is 16.5. The normalized spacial score (nSPS) is 32.0. The van der Waals surface area contributed by atoms with Gasteiger partial charge in [0.1, 0.15) is 0 Å². The number of rotatable bonds is 4. The lowest BCUT2D eigenvalue weighted by Gasteiger charge is -2.43. The number of carbonyl (C=O) groups excluding carboxylic acids is 1. The maximum atomic E-state index is 12.4. The first-order valence-electron chi connectivity index (χ1n) is 8.84. The molecule has 1 aliphatic carbocycles. The van der Waals surface area contributed by atoms with Crippen molar-refractivity contribution in [3.05, 3.63) is 0 Å². The number of hydrogen-bond acceptors (Lipinski definition) is 3. The number of hydrogen-bond donors (Lipinski definition) is 1. The fourth-order valence-corrected chi connectivity index (χ4v) is 4.03. The first-order chi connectivity index (χ1) is 10.2. The van der Waals surface area contributed by atoms with Crippen LogP contribution in [0.1, 0.15) is 51.9 Å². The van der Waals surface area contributed by atoms with Crippen LogP contribution in [0.3, 0.4) is 0 Å². The third-order valence-electron chi connectivity index (χ3n) is 5.65. The molecule has 2 atom stereocenters. The van der Waals surface area contributed by atoms with Crippen molar-refractivity contribution in [1.29, 1.82) is 0 Å². The fourth-order valence-electron chi connectivity index (χ4n) is 4.03. The molecule has 0 bridgehead atoms. The number of carbonyl (C=O) groups is 1. The highest BCUT2D eigenvalue weighted by Crippen LogP contribution is 2.32. The molecule has 3 rings (SSSR count). The fraction of sp³-hybridized carbons (Fsp3) is 0.941. The summed E-state index contributed by atoms with van der Waals surface area (Å²) in [6, 6.07) is 1.11. The van der Waals surface area contributed by atoms with E-state index >= 15 is 0 Å². The molecular formula is C17H30N2O2. The topological polar surface area (TPSA) is 41.6 Å². The van der Waals surface area contributed by atoms with Crippen LogP contribution in [0.2, 0.25) is 0 Å². The van der Waals surface area contributed by atoms with E-state index in [1.165, 1.54) is 25.7 Å². The molecule has 0 spiro atoms. The Morgan fingerprint density at radius 2 is 1.81 bits per heavy atom. The van der Waals surface area contributed by atoms with E-state index in [2.05, 4.69) is 17.1 Å². The molecule has 0 aromatic carbocycles. The zero-order valence-corrected chi connectivity index (χ0v) is 13.4. The van der Waals surface area contributed by atoms with Crippen LogP contribution in [0.25, 0.3) is 0 Å². The molecule has 2 aliphatic heterocycles. The van der Waals surface area contributed by atoms with Crippen LogP contribution in [0.15, 0.2) is 0 Å². The monoisotopic (exact) mass is 294 g/mol. The number of nitrogens with one attached hydrogen (secondary N) is 1. The minimum atomic E-state index is 0.388. The number of likely N-dealkylation sites (tertiary alicyclic amines) is 1.